The summed E-state index contributed by atoms with van der Waals surface area (Å²) in [5.41, 5.74) is 0. The van der Waals surface area contributed by atoms with Crippen LogP contribution in [0.15, 0.2) is 0 Å². The first kappa shape index (κ1) is 15.0. The molecule has 7 nitrogen and oxygen atoms in total. The summed E-state index contributed by atoms with van der Waals surface area (Å²) in [6, 6.07) is 0. The van der Waals surface area contributed by atoms with Gasteiger partial charge in [-0.05, 0) is 17.9 Å². The standard InChI is InChI=1S/C2H8O7P2.H4Si/c1-2(10(4,5)6)11(7,8)9-3;/h2-3H,1H3,(H,7,8)(H2,4,5,6);1H4. The topological polar surface area (TPSA) is 124 Å². The van der Waals surface area contributed by atoms with E-state index >= 15 is 0 Å². The Hall–Kier alpha value is 0.477. The Kier molecular flexibility index (Phi) is 5.79. The summed E-state index contributed by atoms with van der Waals surface area (Å²) < 4.78 is 23.9. The van der Waals surface area contributed by atoms with Crippen molar-refractivity contribution in [2.75, 3.05) is 0 Å². The van der Waals surface area contributed by atoms with Crippen molar-refractivity contribution >= 4 is 26.2 Å². The molecular formula is C2H12O7P2Si. The van der Waals surface area contributed by atoms with Gasteiger partial charge in [0.2, 0.25) is 0 Å². The molecule has 0 fully saturated rings. The van der Waals surface area contributed by atoms with Gasteiger partial charge in [0.05, 0.1) is 0 Å². The summed E-state index contributed by atoms with van der Waals surface area (Å²) >= 11 is 0. The van der Waals surface area contributed by atoms with E-state index in [2.05, 4.69) is 4.67 Å². The van der Waals surface area contributed by atoms with E-state index in [1.165, 1.54) is 0 Å². The Bertz CT molecular complexity index is 221. The molecule has 4 N–H and O–H groups in total. The van der Waals surface area contributed by atoms with Crippen LogP contribution in [0.25, 0.3) is 0 Å². The van der Waals surface area contributed by atoms with Gasteiger partial charge in [-0.3, -0.25) is 9.13 Å². The zero-order valence-corrected chi connectivity index (χ0v) is 7.27. The normalized spacial score (nSPS) is 19.1. The highest BCUT2D eigenvalue weighted by molar-refractivity contribution is 7.71. The summed E-state index contributed by atoms with van der Waals surface area (Å²) in [7, 11) is -9.29. The van der Waals surface area contributed by atoms with Crippen molar-refractivity contribution in [3.63, 3.8) is 0 Å². The zero-order valence-electron chi connectivity index (χ0n) is 5.49. The average Bonchev–Trinajstić information content (AvgIpc) is 1.84. The molecule has 0 saturated carbocycles. The predicted molar refractivity (Wildman–Crippen MR) is 46.4 cm³/mol. The highest BCUT2D eigenvalue weighted by atomic mass is 31.2. The van der Waals surface area contributed by atoms with Crippen molar-refractivity contribution in [2.24, 2.45) is 0 Å². The van der Waals surface area contributed by atoms with E-state index in [4.69, 9.17) is 19.9 Å². The van der Waals surface area contributed by atoms with Crippen LogP contribution < -0.4 is 0 Å². The Morgan fingerprint density at radius 2 is 1.58 bits per heavy atom. The number of hydrogen-bond acceptors (Lipinski definition) is 4. The molecule has 0 amide bonds. The maximum Gasteiger partial charge on any atom is 0.369 e. The Labute approximate surface area is 73.0 Å². The van der Waals surface area contributed by atoms with E-state index in [0.29, 0.717) is 0 Å². The molecule has 0 aromatic carbocycles. The van der Waals surface area contributed by atoms with E-state index in [0.717, 1.165) is 6.92 Å². The quantitative estimate of drug-likeness (QED) is 0.209. The minimum atomic E-state index is -4.69. The summed E-state index contributed by atoms with van der Waals surface area (Å²) in [6.07, 6.45) is 0. The molecule has 0 rings (SSSR count). The van der Waals surface area contributed by atoms with Gasteiger partial charge in [0.1, 0.15) is 0 Å². The van der Waals surface area contributed by atoms with E-state index in [1.54, 1.807) is 0 Å². The molecule has 0 aromatic heterocycles. The van der Waals surface area contributed by atoms with Crippen LogP contribution in [0.5, 0.6) is 0 Å². The van der Waals surface area contributed by atoms with Crippen molar-refractivity contribution in [2.45, 2.75) is 12.3 Å². The van der Waals surface area contributed by atoms with Gasteiger partial charge in [-0.2, -0.15) is 4.67 Å². The fourth-order valence-electron chi connectivity index (χ4n) is 0.258. The highest BCUT2D eigenvalue weighted by Crippen LogP contribution is 2.61. The van der Waals surface area contributed by atoms with Crippen molar-refractivity contribution in [3.05, 3.63) is 0 Å². The maximum absolute atomic E-state index is 10.5. The van der Waals surface area contributed by atoms with Crippen LogP contribution in [-0.4, -0.2) is 36.3 Å². The first-order valence-electron chi connectivity index (χ1n) is 2.42. The molecule has 12 heavy (non-hydrogen) atoms. The van der Waals surface area contributed by atoms with Crippen molar-refractivity contribution < 1.29 is 33.7 Å². The van der Waals surface area contributed by atoms with Gasteiger partial charge in [-0.25, -0.2) is 5.26 Å². The second kappa shape index (κ2) is 4.64. The second-order valence-corrected chi connectivity index (χ2v) is 6.29. The molecule has 0 aliphatic carbocycles. The molecule has 2 atom stereocenters. The minimum absolute atomic E-state index is 0. The third kappa shape index (κ3) is 3.93. The first-order valence-corrected chi connectivity index (χ1v) is 5.75. The fraction of sp³-hybridized carbons (Fsp3) is 1.00. The lowest BCUT2D eigenvalue weighted by Gasteiger charge is -2.15. The molecule has 2 unspecified atom stereocenters. The molecular weight excluding hydrogens is 226 g/mol. The van der Waals surface area contributed by atoms with Gasteiger partial charge in [-0.1, -0.05) is 0 Å². The average molecular weight is 238 g/mol. The lowest BCUT2D eigenvalue weighted by molar-refractivity contribution is -0.146. The molecule has 76 valence electrons. The molecule has 0 saturated heterocycles. The largest absolute Gasteiger partial charge is 0.369 e. The van der Waals surface area contributed by atoms with Crippen LogP contribution in [0.3, 0.4) is 0 Å². The maximum atomic E-state index is 10.5. The van der Waals surface area contributed by atoms with E-state index in [1.807, 2.05) is 0 Å². The third-order valence-corrected chi connectivity index (χ3v) is 5.01. The van der Waals surface area contributed by atoms with Crippen molar-refractivity contribution in [1.29, 1.82) is 0 Å². The molecule has 0 radical (unpaired) electrons. The molecule has 0 bridgehead atoms. The van der Waals surface area contributed by atoms with E-state index in [9.17, 15) is 9.13 Å². The predicted octanol–water partition coefficient (Wildman–Crippen LogP) is -1.27. The van der Waals surface area contributed by atoms with Crippen LogP contribution >= 0.6 is 15.2 Å². The molecule has 0 spiro atoms. The highest BCUT2D eigenvalue weighted by Gasteiger charge is 2.41. The Balaban J connectivity index is 0. The van der Waals surface area contributed by atoms with Gasteiger partial charge in [0.15, 0.2) is 5.40 Å². The third-order valence-electron chi connectivity index (χ3n) is 1.08. The van der Waals surface area contributed by atoms with Gasteiger partial charge in [0, 0.05) is 0 Å². The molecule has 0 aromatic rings. The van der Waals surface area contributed by atoms with Crippen molar-refractivity contribution in [3.8, 4) is 0 Å². The van der Waals surface area contributed by atoms with Gasteiger partial charge < -0.3 is 14.7 Å². The fourth-order valence-corrected chi connectivity index (χ4v) is 2.04. The monoisotopic (exact) mass is 238 g/mol. The smallest absolute Gasteiger partial charge is 0.324 e. The molecule has 0 aliphatic heterocycles. The molecule has 0 heterocycles. The first-order chi connectivity index (χ1) is 4.72. The van der Waals surface area contributed by atoms with Crippen molar-refractivity contribution in [1.82, 2.24) is 0 Å². The molecule has 0 aliphatic rings. The summed E-state index contributed by atoms with van der Waals surface area (Å²) in [4.78, 5) is 25.2. The zero-order chi connectivity index (χ0) is 9.28. The van der Waals surface area contributed by atoms with Crippen LogP contribution in [0.1, 0.15) is 6.92 Å². The SMILES string of the molecule is CC(P(=O)(O)O)P(=O)(O)OO.[SiH4]. The summed E-state index contributed by atoms with van der Waals surface area (Å²) in [5, 5.41) is 5.85. The summed E-state index contributed by atoms with van der Waals surface area (Å²) in [5.74, 6) is 0. The lowest BCUT2D eigenvalue weighted by atomic mass is 11.0. The van der Waals surface area contributed by atoms with Gasteiger partial charge >= 0.3 is 15.2 Å². The van der Waals surface area contributed by atoms with Crippen LogP contribution in [-0.2, 0) is 13.8 Å². The Morgan fingerprint density at radius 1 is 1.25 bits per heavy atom. The summed E-state index contributed by atoms with van der Waals surface area (Å²) in [6.45, 7) is 0.803. The minimum Gasteiger partial charge on any atom is -0.324 e. The van der Waals surface area contributed by atoms with Crippen LogP contribution in [0.4, 0.5) is 0 Å². The van der Waals surface area contributed by atoms with Gasteiger partial charge in [0.25, 0.3) is 0 Å². The van der Waals surface area contributed by atoms with E-state index < -0.39 is 20.6 Å². The Morgan fingerprint density at radius 3 is 1.67 bits per heavy atom. The molecule has 10 heteroatoms. The van der Waals surface area contributed by atoms with Crippen LogP contribution in [0.2, 0.25) is 0 Å². The number of hydrogen-bond donors (Lipinski definition) is 4. The van der Waals surface area contributed by atoms with Crippen LogP contribution in [0, 0.1) is 0 Å². The van der Waals surface area contributed by atoms with Gasteiger partial charge in [-0.15, -0.1) is 0 Å². The lowest BCUT2D eigenvalue weighted by Crippen LogP contribution is -2.05. The second-order valence-electron chi connectivity index (χ2n) is 1.87. The van der Waals surface area contributed by atoms with E-state index in [-0.39, 0.29) is 11.0 Å². The number of rotatable bonds is 3.